The highest BCUT2D eigenvalue weighted by atomic mass is 35.5. The van der Waals surface area contributed by atoms with Gasteiger partial charge >= 0.3 is 6.18 Å². The molecule has 0 bridgehead atoms. The second-order valence-corrected chi connectivity index (χ2v) is 7.92. The molecule has 164 valence electrons. The lowest BCUT2D eigenvalue weighted by Gasteiger charge is -2.33. The summed E-state index contributed by atoms with van der Waals surface area (Å²) in [5.74, 6) is -1.83. The van der Waals surface area contributed by atoms with E-state index in [1.807, 2.05) is 23.7 Å². The zero-order chi connectivity index (χ0) is 22.3. The molecule has 1 amide bonds. The number of carbonyl (C=O) groups excluding carboxylic acids is 1. The third-order valence-corrected chi connectivity index (χ3v) is 6.05. The van der Waals surface area contributed by atoms with E-state index in [2.05, 4.69) is 9.97 Å². The van der Waals surface area contributed by atoms with E-state index >= 15 is 0 Å². The standard InChI is InChI=1S/C21H20ClF3N4O2/c1-28-11-26-10-16(28)12-3-4-15-14(9-12)18(22)17(19(27-15)31-2)20(30)29-7-5-13(6-8-29)21(23,24)25/h3-4,9-11,13H,5-8H2,1-2H3. The fraction of sp³-hybridized carbons (Fsp3) is 0.381. The number of alkyl halides is 3. The monoisotopic (exact) mass is 452 g/mol. The van der Waals surface area contributed by atoms with Gasteiger partial charge < -0.3 is 14.2 Å². The van der Waals surface area contributed by atoms with Crippen LogP contribution in [0.25, 0.3) is 22.2 Å². The molecule has 1 aliphatic heterocycles. The van der Waals surface area contributed by atoms with E-state index in [1.165, 1.54) is 12.0 Å². The van der Waals surface area contributed by atoms with E-state index in [1.54, 1.807) is 18.6 Å². The molecular formula is C21H20ClF3N4O2. The largest absolute Gasteiger partial charge is 0.480 e. The van der Waals surface area contributed by atoms with Crippen LogP contribution in [-0.2, 0) is 7.05 Å². The third kappa shape index (κ3) is 3.94. The number of benzene rings is 1. The van der Waals surface area contributed by atoms with Crippen molar-refractivity contribution in [3.8, 4) is 17.1 Å². The lowest BCUT2D eigenvalue weighted by Crippen LogP contribution is -2.42. The van der Waals surface area contributed by atoms with E-state index in [4.69, 9.17) is 16.3 Å². The molecule has 1 fully saturated rings. The summed E-state index contributed by atoms with van der Waals surface area (Å²) in [4.78, 5) is 23.1. The maximum atomic E-state index is 13.2. The zero-order valence-electron chi connectivity index (χ0n) is 16.9. The van der Waals surface area contributed by atoms with Crippen LogP contribution in [0.2, 0.25) is 5.02 Å². The second kappa shape index (κ2) is 8.03. The highest BCUT2D eigenvalue weighted by Gasteiger charge is 2.42. The Hall–Kier alpha value is -2.81. The van der Waals surface area contributed by atoms with Crippen molar-refractivity contribution in [2.45, 2.75) is 19.0 Å². The van der Waals surface area contributed by atoms with Crippen molar-refractivity contribution in [3.05, 3.63) is 41.3 Å². The average molecular weight is 453 g/mol. The maximum Gasteiger partial charge on any atom is 0.391 e. The van der Waals surface area contributed by atoms with Crippen LogP contribution in [-0.4, -0.2) is 51.7 Å². The van der Waals surface area contributed by atoms with E-state index in [0.717, 1.165) is 11.3 Å². The van der Waals surface area contributed by atoms with Crippen LogP contribution in [0.5, 0.6) is 5.88 Å². The number of likely N-dealkylation sites (tertiary alicyclic amines) is 1. The SMILES string of the molecule is COc1nc2ccc(-c3cncn3C)cc2c(Cl)c1C(=O)N1CCC(C(F)(F)F)CC1. The predicted molar refractivity (Wildman–Crippen MR) is 110 cm³/mol. The van der Waals surface area contributed by atoms with Gasteiger partial charge in [-0.25, -0.2) is 9.97 Å². The van der Waals surface area contributed by atoms with Gasteiger partial charge in [-0.1, -0.05) is 17.7 Å². The molecule has 2 aromatic heterocycles. The summed E-state index contributed by atoms with van der Waals surface area (Å²) in [6, 6.07) is 5.45. The number of pyridine rings is 1. The lowest BCUT2D eigenvalue weighted by molar-refractivity contribution is -0.183. The summed E-state index contributed by atoms with van der Waals surface area (Å²) in [6.07, 6.45) is -1.14. The van der Waals surface area contributed by atoms with Gasteiger partial charge in [0.25, 0.3) is 5.91 Å². The number of imidazole rings is 1. The molecule has 0 saturated carbocycles. The van der Waals surface area contributed by atoms with Gasteiger partial charge in [-0.3, -0.25) is 4.79 Å². The van der Waals surface area contributed by atoms with Crippen LogP contribution < -0.4 is 4.74 Å². The Morgan fingerprint density at radius 3 is 2.55 bits per heavy atom. The Morgan fingerprint density at radius 2 is 1.97 bits per heavy atom. The number of ether oxygens (including phenoxy) is 1. The minimum atomic E-state index is -4.25. The van der Waals surface area contributed by atoms with Gasteiger partial charge in [-0.05, 0) is 25.0 Å². The third-order valence-electron chi connectivity index (χ3n) is 5.65. The number of halogens is 4. The smallest absolute Gasteiger partial charge is 0.391 e. The number of fused-ring (bicyclic) bond motifs is 1. The molecule has 31 heavy (non-hydrogen) atoms. The molecule has 1 aromatic carbocycles. The molecule has 1 aliphatic rings. The molecule has 0 N–H and O–H groups in total. The Morgan fingerprint density at radius 1 is 1.26 bits per heavy atom. The van der Waals surface area contributed by atoms with Crippen molar-refractivity contribution in [3.63, 3.8) is 0 Å². The zero-order valence-corrected chi connectivity index (χ0v) is 17.7. The quantitative estimate of drug-likeness (QED) is 0.577. The fourth-order valence-electron chi connectivity index (χ4n) is 3.90. The van der Waals surface area contributed by atoms with Crippen LogP contribution in [0.4, 0.5) is 13.2 Å². The number of aryl methyl sites for hydroxylation is 1. The second-order valence-electron chi connectivity index (χ2n) is 7.54. The van der Waals surface area contributed by atoms with Gasteiger partial charge in [0.05, 0.1) is 41.8 Å². The topological polar surface area (TPSA) is 60.3 Å². The molecule has 0 aliphatic carbocycles. The molecule has 0 unspecified atom stereocenters. The minimum absolute atomic E-state index is 0.00438. The van der Waals surface area contributed by atoms with Crippen molar-refractivity contribution in [1.82, 2.24) is 19.4 Å². The number of hydrogen-bond donors (Lipinski definition) is 0. The molecule has 6 nitrogen and oxygen atoms in total. The van der Waals surface area contributed by atoms with E-state index < -0.39 is 18.0 Å². The summed E-state index contributed by atoms with van der Waals surface area (Å²) < 4.78 is 46.1. The fourth-order valence-corrected chi connectivity index (χ4v) is 4.21. The van der Waals surface area contributed by atoms with Crippen LogP contribution in [0.15, 0.2) is 30.7 Å². The number of amides is 1. The summed E-state index contributed by atoms with van der Waals surface area (Å²) >= 11 is 6.64. The van der Waals surface area contributed by atoms with Gasteiger partial charge in [0.15, 0.2) is 0 Å². The maximum absolute atomic E-state index is 13.2. The van der Waals surface area contributed by atoms with Crippen molar-refractivity contribution >= 4 is 28.4 Å². The number of piperidine rings is 1. The first-order valence-electron chi connectivity index (χ1n) is 9.70. The number of methoxy groups -OCH3 is 1. The summed E-state index contributed by atoms with van der Waals surface area (Å²) in [6.45, 7) is -0.00875. The van der Waals surface area contributed by atoms with Crippen molar-refractivity contribution < 1.29 is 22.7 Å². The number of aromatic nitrogens is 3. The number of nitrogens with zero attached hydrogens (tertiary/aromatic N) is 4. The number of rotatable bonds is 3. The Kier molecular flexibility index (Phi) is 5.55. The Balaban J connectivity index is 1.72. The van der Waals surface area contributed by atoms with Crippen LogP contribution in [0, 0.1) is 5.92 Å². The Bertz CT molecular complexity index is 1140. The first-order valence-corrected chi connectivity index (χ1v) is 10.1. The highest BCUT2D eigenvalue weighted by Crippen LogP contribution is 2.38. The van der Waals surface area contributed by atoms with Crippen LogP contribution in [0.1, 0.15) is 23.2 Å². The van der Waals surface area contributed by atoms with Gasteiger partial charge in [0, 0.05) is 31.1 Å². The minimum Gasteiger partial charge on any atom is -0.480 e. The summed E-state index contributed by atoms with van der Waals surface area (Å²) in [5.41, 5.74) is 2.30. The van der Waals surface area contributed by atoms with Crippen molar-refractivity contribution in [1.29, 1.82) is 0 Å². The van der Waals surface area contributed by atoms with Crippen LogP contribution in [0.3, 0.4) is 0 Å². The molecular weight excluding hydrogens is 433 g/mol. The first-order chi connectivity index (χ1) is 14.7. The van der Waals surface area contributed by atoms with Gasteiger partial charge in [-0.2, -0.15) is 13.2 Å². The predicted octanol–water partition coefficient (Wildman–Crippen LogP) is 4.71. The molecule has 3 heterocycles. The average Bonchev–Trinajstić information content (AvgIpc) is 3.18. The van der Waals surface area contributed by atoms with Gasteiger partial charge in [0.1, 0.15) is 5.56 Å². The molecule has 3 aromatic rings. The highest BCUT2D eigenvalue weighted by molar-refractivity contribution is 6.39. The molecule has 4 rings (SSSR count). The van der Waals surface area contributed by atoms with E-state index in [9.17, 15) is 18.0 Å². The van der Waals surface area contributed by atoms with Crippen molar-refractivity contribution in [2.75, 3.05) is 20.2 Å². The Labute approximate surface area is 181 Å². The molecule has 1 saturated heterocycles. The molecule has 0 radical (unpaired) electrons. The molecule has 10 heteroatoms. The molecule has 0 atom stereocenters. The number of hydrogen-bond acceptors (Lipinski definition) is 4. The lowest BCUT2D eigenvalue weighted by atomic mass is 9.95. The van der Waals surface area contributed by atoms with E-state index in [-0.39, 0.29) is 42.4 Å². The van der Waals surface area contributed by atoms with Gasteiger partial charge in [0.2, 0.25) is 5.88 Å². The molecule has 0 spiro atoms. The first kappa shape index (κ1) is 21.4. The van der Waals surface area contributed by atoms with E-state index in [0.29, 0.717) is 10.9 Å². The van der Waals surface area contributed by atoms with Crippen LogP contribution >= 0.6 is 11.6 Å². The summed E-state index contributed by atoms with van der Waals surface area (Å²) in [5, 5.41) is 0.712. The number of carbonyl (C=O) groups is 1. The normalized spacial score (nSPS) is 15.5. The summed E-state index contributed by atoms with van der Waals surface area (Å²) in [7, 11) is 3.24. The van der Waals surface area contributed by atoms with Crippen molar-refractivity contribution in [2.24, 2.45) is 13.0 Å². The van der Waals surface area contributed by atoms with Gasteiger partial charge in [-0.15, -0.1) is 0 Å².